The van der Waals surface area contributed by atoms with Crippen molar-refractivity contribution < 1.29 is 0 Å². The first-order valence-electron chi connectivity index (χ1n) is 17.3. The molecule has 0 saturated carbocycles. The standard InChI is InChI=1S/C45H42N6/c1-25-16-28(4)40(29(5)17-25)34-10-13-37(46-22-34)43-49-44(38-14-11-35(23-47-38)41-30(6)18-26(2)19-31(41)7)51-45(50-43)39-15-12-36(24-48-39)42-32(8)20-27(3)21-33(42)9/h10-24H,1-9H3. The third kappa shape index (κ3) is 6.70. The minimum absolute atomic E-state index is 0.464. The summed E-state index contributed by atoms with van der Waals surface area (Å²) in [6, 6.07) is 25.5. The Bertz CT molecular complexity index is 2070. The monoisotopic (exact) mass is 666 g/mol. The fraction of sp³-hybridized carbons (Fsp3) is 0.200. The van der Waals surface area contributed by atoms with E-state index in [4.69, 9.17) is 29.9 Å². The smallest absolute Gasteiger partial charge is 0.182 e. The predicted octanol–water partition coefficient (Wildman–Crippen LogP) is 10.8. The van der Waals surface area contributed by atoms with Crippen molar-refractivity contribution in [2.45, 2.75) is 62.3 Å². The second-order valence-corrected chi connectivity index (χ2v) is 13.9. The van der Waals surface area contributed by atoms with Crippen molar-refractivity contribution in [3.8, 4) is 67.9 Å². The Morgan fingerprint density at radius 2 is 0.549 bits per heavy atom. The van der Waals surface area contributed by atoms with Crippen LogP contribution in [0.25, 0.3) is 67.9 Å². The molecule has 4 heterocycles. The van der Waals surface area contributed by atoms with Gasteiger partial charge in [0.2, 0.25) is 0 Å². The van der Waals surface area contributed by atoms with E-state index in [1.54, 1.807) is 0 Å². The molecule has 51 heavy (non-hydrogen) atoms. The molecule has 7 rings (SSSR count). The zero-order valence-corrected chi connectivity index (χ0v) is 30.8. The van der Waals surface area contributed by atoms with Crippen molar-refractivity contribution in [3.63, 3.8) is 0 Å². The first-order chi connectivity index (χ1) is 24.4. The number of pyridine rings is 3. The highest BCUT2D eigenvalue weighted by Crippen LogP contribution is 2.33. The molecule has 0 saturated heterocycles. The van der Waals surface area contributed by atoms with Gasteiger partial charge in [-0.1, -0.05) is 71.3 Å². The maximum atomic E-state index is 4.92. The zero-order chi connectivity index (χ0) is 36.0. The Balaban J connectivity index is 1.31. The number of nitrogens with zero attached hydrogens (tertiary/aromatic N) is 6. The van der Waals surface area contributed by atoms with E-state index >= 15 is 0 Å². The van der Waals surface area contributed by atoms with Gasteiger partial charge in [0, 0.05) is 35.3 Å². The molecular formula is C45H42N6. The van der Waals surface area contributed by atoms with E-state index in [-0.39, 0.29) is 0 Å². The quantitative estimate of drug-likeness (QED) is 0.176. The van der Waals surface area contributed by atoms with E-state index in [2.05, 4.69) is 117 Å². The molecule has 0 atom stereocenters. The number of hydrogen-bond acceptors (Lipinski definition) is 6. The van der Waals surface area contributed by atoms with Crippen LogP contribution in [0, 0.1) is 62.3 Å². The van der Waals surface area contributed by atoms with E-state index in [0.29, 0.717) is 34.6 Å². The normalized spacial score (nSPS) is 11.2. The van der Waals surface area contributed by atoms with Gasteiger partial charge in [0.25, 0.3) is 0 Å². The van der Waals surface area contributed by atoms with E-state index in [1.165, 1.54) is 66.8 Å². The molecule has 6 heteroatoms. The summed E-state index contributed by atoms with van der Waals surface area (Å²) < 4.78 is 0. The summed E-state index contributed by atoms with van der Waals surface area (Å²) in [6.07, 6.45) is 5.71. The van der Waals surface area contributed by atoms with Crippen LogP contribution in [0.5, 0.6) is 0 Å². The minimum Gasteiger partial charge on any atom is -0.252 e. The molecule has 0 aliphatic rings. The molecule has 0 spiro atoms. The van der Waals surface area contributed by atoms with Gasteiger partial charge in [0.05, 0.1) is 0 Å². The number of benzene rings is 3. The van der Waals surface area contributed by atoms with Gasteiger partial charge in [-0.3, -0.25) is 15.0 Å². The molecule has 4 aromatic heterocycles. The molecule has 0 bridgehead atoms. The maximum Gasteiger partial charge on any atom is 0.182 e. The number of aryl methyl sites for hydroxylation is 9. The Labute approximate surface area is 300 Å². The summed E-state index contributed by atoms with van der Waals surface area (Å²) in [6.45, 7) is 19.3. The van der Waals surface area contributed by atoms with Gasteiger partial charge in [0.15, 0.2) is 17.5 Å². The third-order valence-corrected chi connectivity index (χ3v) is 9.51. The summed E-state index contributed by atoms with van der Waals surface area (Å²) in [7, 11) is 0. The largest absolute Gasteiger partial charge is 0.252 e. The lowest BCUT2D eigenvalue weighted by Crippen LogP contribution is -2.03. The Hall–Kier alpha value is -5.88. The van der Waals surface area contributed by atoms with Gasteiger partial charge in [-0.2, -0.15) is 0 Å². The average molecular weight is 667 g/mol. The van der Waals surface area contributed by atoms with Crippen LogP contribution in [0.15, 0.2) is 91.4 Å². The maximum absolute atomic E-state index is 4.92. The molecule has 0 radical (unpaired) electrons. The first kappa shape index (κ1) is 33.6. The van der Waals surface area contributed by atoms with Crippen molar-refractivity contribution in [3.05, 3.63) is 141 Å². The van der Waals surface area contributed by atoms with Crippen molar-refractivity contribution in [2.75, 3.05) is 0 Å². The highest BCUT2D eigenvalue weighted by Gasteiger charge is 2.17. The van der Waals surface area contributed by atoms with Crippen molar-refractivity contribution in [2.24, 2.45) is 0 Å². The van der Waals surface area contributed by atoms with Crippen LogP contribution in [0.4, 0.5) is 0 Å². The van der Waals surface area contributed by atoms with Crippen LogP contribution >= 0.6 is 0 Å². The predicted molar refractivity (Wildman–Crippen MR) is 208 cm³/mol. The number of aromatic nitrogens is 6. The molecule has 0 amide bonds. The lowest BCUT2D eigenvalue weighted by atomic mass is 9.95. The summed E-state index contributed by atoms with van der Waals surface area (Å²) >= 11 is 0. The molecule has 3 aromatic carbocycles. The van der Waals surface area contributed by atoms with Crippen LogP contribution in [0.3, 0.4) is 0 Å². The van der Waals surface area contributed by atoms with Crippen molar-refractivity contribution >= 4 is 0 Å². The highest BCUT2D eigenvalue weighted by molar-refractivity contribution is 5.75. The molecule has 7 aromatic rings. The lowest BCUT2D eigenvalue weighted by molar-refractivity contribution is 1.03. The van der Waals surface area contributed by atoms with Gasteiger partial charge >= 0.3 is 0 Å². The van der Waals surface area contributed by atoms with E-state index in [1.807, 2.05) is 36.8 Å². The average Bonchev–Trinajstić information content (AvgIpc) is 3.08. The van der Waals surface area contributed by atoms with E-state index in [9.17, 15) is 0 Å². The topological polar surface area (TPSA) is 77.3 Å². The summed E-state index contributed by atoms with van der Waals surface area (Å²) in [5, 5.41) is 0. The summed E-state index contributed by atoms with van der Waals surface area (Å²) in [4.78, 5) is 29.4. The highest BCUT2D eigenvalue weighted by atomic mass is 15.1. The first-order valence-corrected chi connectivity index (χ1v) is 17.3. The van der Waals surface area contributed by atoms with E-state index in [0.717, 1.165) is 16.7 Å². The number of hydrogen-bond donors (Lipinski definition) is 0. The Morgan fingerprint density at radius 1 is 0.314 bits per heavy atom. The Kier molecular flexibility index (Phi) is 8.86. The van der Waals surface area contributed by atoms with Gasteiger partial charge in [-0.05, 0) is 131 Å². The van der Waals surface area contributed by atoms with Crippen LogP contribution < -0.4 is 0 Å². The van der Waals surface area contributed by atoms with Crippen molar-refractivity contribution in [1.82, 2.24) is 29.9 Å². The van der Waals surface area contributed by atoms with Crippen LogP contribution in [0.2, 0.25) is 0 Å². The second kappa shape index (κ2) is 13.4. The molecule has 0 unspecified atom stereocenters. The lowest BCUT2D eigenvalue weighted by Gasteiger charge is -2.13. The third-order valence-electron chi connectivity index (χ3n) is 9.51. The molecule has 0 fully saturated rings. The molecule has 0 N–H and O–H groups in total. The second-order valence-electron chi connectivity index (χ2n) is 13.9. The van der Waals surface area contributed by atoms with Crippen molar-refractivity contribution in [1.29, 1.82) is 0 Å². The number of rotatable bonds is 6. The SMILES string of the molecule is Cc1cc(C)c(-c2ccc(-c3nc(-c4ccc(-c5c(C)cc(C)cc5C)cn4)nc(-c4ccc(-c5c(C)cc(C)cc5C)cn4)n3)nc2)c(C)c1. The Morgan fingerprint density at radius 3 is 0.745 bits per heavy atom. The fourth-order valence-corrected chi connectivity index (χ4v) is 7.65. The molecular weight excluding hydrogens is 625 g/mol. The molecule has 6 nitrogen and oxygen atoms in total. The van der Waals surface area contributed by atoms with Gasteiger partial charge in [-0.25, -0.2) is 15.0 Å². The molecule has 0 aliphatic heterocycles. The zero-order valence-electron chi connectivity index (χ0n) is 30.8. The van der Waals surface area contributed by atoms with Gasteiger partial charge in [0.1, 0.15) is 17.1 Å². The van der Waals surface area contributed by atoms with Gasteiger partial charge in [-0.15, -0.1) is 0 Å². The van der Waals surface area contributed by atoms with Crippen LogP contribution in [0.1, 0.15) is 50.1 Å². The summed E-state index contributed by atoms with van der Waals surface area (Å²) in [5.41, 5.74) is 19.8. The van der Waals surface area contributed by atoms with Gasteiger partial charge < -0.3 is 0 Å². The van der Waals surface area contributed by atoms with E-state index < -0.39 is 0 Å². The molecule has 0 aliphatic carbocycles. The van der Waals surface area contributed by atoms with Crippen LogP contribution in [-0.4, -0.2) is 29.9 Å². The minimum atomic E-state index is 0.464. The fourth-order valence-electron chi connectivity index (χ4n) is 7.65. The molecule has 252 valence electrons. The summed E-state index contributed by atoms with van der Waals surface area (Å²) in [5.74, 6) is 1.39. The van der Waals surface area contributed by atoms with Crippen LogP contribution in [-0.2, 0) is 0 Å².